The van der Waals surface area contributed by atoms with Crippen LogP contribution in [0.3, 0.4) is 0 Å². The van der Waals surface area contributed by atoms with Gasteiger partial charge in [0.2, 0.25) is 0 Å². The van der Waals surface area contributed by atoms with E-state index in [0.29, 0.717) is 0 Å². The molecule has 2 heteroatoms. The third-order valence-corrected chi connectivity index (χ3v) is 4.85. The minimum Gasteiger partial charge on any atom is -0.494 e. The lowest BCUT2D eigenvalue weighted by molar-refractivity contribution is 0.103. The molecule has 2 aromatic rings. The highest BCUT2D eigenvalue weighted by Crippen LogP contribution is 2.31. The topological polar surface area (TPSA) is 26.3 Å². The van der Waals surface area contributed by atoms with Gasteiger partial charge in [0.05, 0.1) is 6.61 Å². The maximum Gasteiger partial charge on any atom is 0.193 e. The van der Waals surface area contributed by atoms with E-state index >= 15 is 0 Å². The van der Waals surface area contributed by atoms with Gasteiger partial charge in [0.15, 0.2) is 5.78 Å². The van der Waals surface area contributed by atoms with Gasteiger partial charge in [-0.2, -0.15) is 0 Å². The Morgan fingerprint density at radius 3 is 2.22 bits per heavy atom. The maximum atomic E-state index is 13.0. The van der Waals surface area contributed by atoms with Crippen molar-refractivity contribution >= 4 is 5.78 Å². The van der Waals surface area contributed by atoms with Crippen LogP contribution >= 0.6 is 0 Å². The quantitative estimate of drug-likeness (QED) is 0.336. The molecule has 0 amide bonds. The molecule has 2 rings (SSSR count). The van der Waals surface area contributed by atoms with Gasteiger partial charge in [0.25, 0.3) is 0 Å². The Hall–Kier alpha value is -2.09. The zero-order valence-electron chi connectivity index (χ0n) is 17.4. The molecule has 0 fully saturated rings. The number of ether oxygens (including phenoxy) is 1. The molecule has 0 bridgehead atoms. The molecule has 0 aromatic heterocycles. The third-order valence-electron chi connectivity index (χ3n) is 4.85. The molecule has 2 aromatic carbocycles. The second-order valence-electron chi connectivity index (χ2n) is 8.27. The smallest absolute Gasteiger partial charge is 0.193 e. The summed E-state index contributed by atoms with van der Waals surface area (Å²) in [5.74, 6) is 0.932. The van der Waals surface area contributed by atoms with Crippen LogP contribution in [0.1, 0.15) is 87.7 Å². The second-order valence-corrected chi connectivity index (χ2v) is 8.27. The summed E-state index contributed by atoms with van der Waals surface area (Å²) in [5, 5.41) is 0. The normalized spacial score (nSPS) is 11.4. The van der Waals surface area contributed by atoms with Gasteiger partial charge in [-0.15, -0.1) is 0 Å². The Balaban J connectivity index is 2.06. The summed E-state index contributed by atoms with van der Waals surface area (Å²) in [6, 6.07) is 15.4. The van der Waals surface area contributed by atoms with Crippen LogP contribution in [0.15, 0.2) is 48.5 Å². The van der Waals surface area contributed by atoms with Crippen molar-refractivity contribution in [1.82, 2.24) is 0 Å². The van der Waals surface area contributed by atoms with Crippen molar-refractivity contribution in [2.75, 3.05) is 6.61 Å². The highest BCUT2D eigenvalue weighted by atomic mass is 16.5. The van der Waals surface area contributed by atoms with Crippen molar-refractivity contribution in [3.05, 3.63) is 65.2 Å². The largest absolute Gasteiger partial charge is 0.494 e. The second kappa shape index (κ2) is 10.3. The summed E-state index contributed by atoms with van der Waals surface area (Å²) >= 11 is 0. The number of carbonyl (C=O) groups excluding carboxylic acids is 1. The summed E-state index contributed by atoms with van der Waals surface area (Å²) in [7, 11) is 0. The van der Waals surface area contributed by atoms with E-state index in [1.54, 1.807) is 0 Å². The van der Waals surface area contributed by atoms with Gasteiger partial charge in [-0.05, 0) is 35.6 Å². The number of hydrogen-bond donors (Lipinski definition) is 0. The number of benzene rings is 2. The van der Waals surface area contributed by atoms with Crippen molar-refractivity contribution in [2.45, 2.75) is 71.6 Å². The highest BCUT2D eigenvalue weighted by molar-refractivity contribution is 6.10. The molecular formula is C25H34O2. The van der Waals surface area contributed by atoms with Gasteiger partial charge in [-0.3, -0.25) is 4.79 Å². The van der Waals surface area contributed by atoms with Crippen molar-refractivity contribution in [3.63, 3.8) is 0 Å². The third kappa shape index (κ3) is 6.53. The zero-order chi connectivity index (χ0) is 19.7. The summed E-state index contributed by atoms with van der Waals surface area (Å²) in [6.07, 6.45) is 7.51. The monoisotopic (exact) mass is 366 g/mol. The molecule has 0 saturated heterocycles. The van der Waals surface area contributed by atoms with Gasteiger partial charge < -0.3 is 4.74 Å². The van der Waals surface area contributed by atoms with Gasteiger partial charge in [0.1, 0.15) is 5.75 Å². The van der Waals surface area contributed by atoms with E-state index in [-0.39, 0.29) is 11.2 Å². The molecule has 0 spiro atoms. The van der Waals surface area contributed by atoms with Crippen molar-refractivity contribution in [2.24, 2.45) is 0 Å². The molecule has 146 valence electrons. The lowest BCUT2D eigenvalue weighted by Crippen LogP contribution is -2.18. The van der Waals surface area contributed by atoms with E-state index in [1.165, 1.54) is 32.1 Å². The number of ketones is 1. The predicted octanol–water partition coefficient (Wildman–Crippen LogP) is 6.95. The van der Waals surface area contributed by atoms with Crippen LogP contribution in [0.5, 0.6) is 5.75 Å². The van der Waals surface area contributed by atoms with Crippen LogP contribution in [-0.4, -0.2) is 12.4 Å². The maximum absolute atomic E-state index is 13.0. The van der Waals surface area contributed by atoms with E-state index in [9.17, 15) is 4.79 Å². The Morgan fingerprint density at radius 1 is 0.889 bits per heavy atom. The van der Waals surface area contributed by atoms with E-state index < -0.39 is 0 Å². The van der Waals surface area contributed by atoms with Gasteiger partial charge >= 0.3 is 0 Å². The molecule has 0 aliphatic carbocycles. The predicted molar refractivity (Wildman–Crippen MR) is 114 cm³/mol. The SMILES string of the molecule is CCCCCCCCOc1ccc(C(=O)c2ccccc2)c(C(C)(C)C)c1. The van der Waals surface area contributed by atoms with E-state index in [1.807, 2.05) is 48.5 Å². The fraction of sp³-hybridized carbons (Fsp3) is 0.480. The van der Waals surface area contributed by atoms with Crippen molar-refractivity contribution < 1.29 is 9.53 Å². The number of unbranched alkanes of at least 4 members (excludes halogenated alkanes) is 5. The summed E-state index contributed by atoms with van der Waals surface area (Å²) in [5.41, 5.74) is 2.40. The highest BCUT2D eigenvalue weighted by Gasteiger charge is 2.23. The number of hydrogen-bond acceptors (Lipinski definition) is 2. The lowest BCUT2D eigenvalue weighted by atomic mass is 9.81. The van der Waals surface area contributed by atoms with Crippen LogP contribution in [0.4, 0.5) is 0 Å². The summed E-state index contributed by atoms with van der Waals surface area (Å²) < 4.78 is 5.98. The molecule has 0 N–H and O–H groups in total. The first-order valence-electron chi connectivity index (χ1n) is 10.3. The standard InChI is InChI=1S/C25H34O2/c1-5-6-7-8-9-13-18-27-21-16-17-22(23(19-21)25(2,3)4)24(26)20-14-11-10-12-15-20/h10-12,14-17,19H,5-9,13,18H2,1-4H3. The first-order chi connectivity index (χ1) is 12.9. The summed E-state index contributed by atoms with van der Waals surface area (Å²) in [4.78, 5) is 13.0. The molecule has 2 nitrogen and oxygen atoms in total. The number of carbonyl (C=O) groups is 1. The molecule has 0 saturated carbocycles. The van der Waals surface area contributed by atoms with Gasteiger partial charge in [0, 0.05) is 11.1 Å². The van der Waals surface area contributed by atoms with Crippen LogP contribution in [0.2, 0.25) is 0 Å². The van der Waals surface area contributed by atoms with Crippen LogP contribution < -0.4 is 4.74 Å². The Morgan fingerprint density at radius 2 is 1.56 bits per heavy atom. The van der Waals surface area contributed by atoms with Crippen LogP contribution in [0, 0.1) is 0 Å². The molecule has 0 unspecified atom stereocenters. The van der Waals surface area contributed by atoms with Crippen LogP contribution in [-0.2, 0) is 5.41 Å². The molecule has 27 heavy (non-hydrogen) atoms. The van der Waals surface area contributed by atoms with E-state index in [0.717, 1.165) is 35.5 Å². The first-order valence-corrected chi connectivity index (χ1v) is 10.3. The van der Waals surface area contributed by atoms with E-state index in [4.69, 9.17) is 4.74 Å². The van der Waals surface area contributed by atoms with Gasteiger partial charge in [-0.1, -0.05) is 90.1 Å². The zero-order valence-corrected chi connectivity index (χ0v) is 17.4. The Bertz CT molecular complexity index is 711. The first kappa shape index (κ1) is 21.2. The molecular weight excluding hydrogens is 332 g/mol. The molecule has 0 radical (unpaired) electrons. The van der Waals surface area contributed by atoms with Crippen molar-refractivity contribution in [1.29, 1.82) is 0 Å². The average molecular weight is 367 g/mol. The van der Waals surface area contributed by atoms with Crippen LogP contribution in [0.25, 0.3) is 0 Å². The Kier molecular flexibility index (Phi) is 8.09. The molecule has 0 aliphatic rings. The molecule has 0 atom stereocenters. The molecule has 0 aliphatic heterocycles. The fourth-order valence-corrected chi connectivity index (χ4v) is 3.25. The lowest BCUT2D eigenvalue weighted by Gasteiger charge is -2.23. The van der Waals surface area contributed by atoms with Gasteiger partial charge in [-0.25, -0.2) is 0 Å². The fourth-order valence-electron chi connectivity index (χ4n) is 3.25. The number of rotatable bonds is 10. The average Bonchev–Trinajstić information content (AvgIpc) is 2.66. The minimum atomic E-state index is -0.126. The van der Waals surface area contributed by atoms with Crippen molar-refractivity contribution in [3.8, 4) is 5.75 Å². The van der Waals surface area contributed by atoms with E-state index in [2.05, 4.69) is 27.7 Å². The summed E-state index contributed by atoms with van der Waals surface area (Å²) in [6.45, 7) is 9.40. The Labute approximate surface area is 165 Å². The minimum absolute atomic E-state index is 0.0722. The molecule has 0 heterocycles.